The molecule has 4 rings (SSSR count). The number of benzene rings is 3. The molecule has 0 radical (unpaired) electrons. The molecule has 0 unspecified atom stereocenters. The number of hydrogen-bond acceptors (Lipinski definition) is 5. The van der Waals surface area contributed by atoms with Gasteiger partial charge in [0.1, 0.15) is 5.75 Å². The Morgan fingerprint density at radius 1 is 1.03 bits per heavy atom. The Hall–Kier alpha value is -3.42. The number of ether oxygens (including phenoxy) is 1. The monoisotopic (exact) mass is 488 g/mol. The van der Waals surface area contributed by atoms with Crippen molar-refractivity contribution in [2.24, 2.45) is 0 Å². The first-order valence-corrected chi connectivity index (χ1v) is 12.0. The average Bonchev–Trinajstić information content (AvgIpc) is 3.09. The minimum atomic E-state index is -0.260. The van der Waals surface area contributed by atoms with E-state index in [2.05, 4.69) is 5.32 Å². The van der Waals surface area contributed by atoms with Crippen LogP contribution in [0.25, 0.3) is 6.08 Å². The highest BCUT2D eigenvalue weighted by molar-refractivity contribution is 8.27. The van der Waals surface area contributed by atoms with Gasteiger partial charge in [-0.25, -0.2) is 0 Å². The fraction of sp³-hybridized carbons (Fsp3) is 0.148. The second-order valence-corrected chi connectivity index (χ2v) is 9.70. The fourth-order valence-corrected chi connectivity index (χ4v) is 4.71. The Bertz CT molecular complexity index is 1300. The molecule has 1 N–H and O–H groups in total. The first-order chi connectivity index (χ1) is 16.3. The molecule has 0 atom stereocenters. The third-order valence-electron chi connectivity index (χ3n) is 5.44. The number of nitrogens with one attached hydrogen (secondary N) is 1. The second-order valence-electron chi connectivity index (χ2n) is 8.03. The van der Waals surface area contributed by atoms with Gasteiger partial charge in [-0.3, -0.25) is 14.5 Å². The van der Waals surface area contributed by atoms with E-state index in [-0.39, 0.29) is 18.4 Å². The van der Waals surface area contributed by atoms with Crippen LogP contribution in [0.5, 0.6) is 5.75 Å². The van der Waals surface area contributed by atoms with Crippen LogP contribution in [0.15, 0.2) is 71.6 Å². The number of carbonyl (C=O) groups excluding carboxylic acids is 2. The van der Waals surface area contributed by atoms with Crippen molar-refractivity contribution >= 4 is 57.6 Å². The molecule has 1 aliphatic rings. The van der Waals surface area contributed by atoms with E-state index >= 15 is 0 Å². The average molecular weight is 489 g/mol. The van der Waals surface area contributed by atoms with Gasteiger partial charge in [0.25, 0.3) is 11.8 Å². The van der Waals surface area contributed by atoms with E-state index in [4.69, 9.17) is 17.0 Å². The van der Waals surface area contributed by atoms with Crippen molar-refractivity contribution in [3.05, 3.63) is 93.9 Å². The molecule has 5 nitrogen and oxygen atoms in total. The van der Waals surface area contributed by atoms with Gasteiger partial charge in [0.15, 0.2) is 10.9 Å². The maximum atomic E-state index is 13.1. The van der Waals surface area contributed by atoms with E-state index in [9.17, 15) is 9.59 Å². The Labute approximate surface area is 208 Å². The Morgan fingerprint density at radius 2 is 1.76 bits per heavy atom. The first kappa shape index (κ1) is 23.7. The van der Waals surface area contributed by atoms with Gasteiger partial charge < -0.3 is 10.1 Å². The van der Waals surface area contributed by atoms with Gasteiger partial charge in [0.2, 0.25) is 0 Å². The number of thiocarbonyl (C=S) groups is 1. The van der Waals surface area contributed by atoms with Crippen molar-refractivity contribution in [3.8, 4) is 5.75 Å². The van der Waals surface area contributed by atoms with Gasteiger partial charge >= 0.3 is 0 Å². The van der Waals surface area contributed by atoms with Crippen LogP contribution in [-0.2, 0) is 9.59 Å². The van der Waals surface area contributed by atoms with E-state index in [1.165, 1.54) is 16.7 Å². The lowest BCUT2D eigenvalue weighted by Crippen LogP contribution is -2.27. The third kappa shape index (κ3) is 5.38. The van der Waals surface area contributed by atoms with Crippen molar-refractivity contribution in [3.63, 3.8) is 0 Å². The summed E-state index contributed by atoms with van der Waals surface area (Å²) >= 11 is 6.71. The molecule has 0 bridgehead atoms. The number of para-hydroxylation sites is 1. The summed E-state index contributed by atoms with van der Waals surface area (Å²) in [6.07, 6.45) is 1.75. The quantitative estimate of drug-likeness (QED) is 0.339. The van der Waals surface area contributed by atoms with Crippen LogP contribution in [0.3, 0.4) is 0 Å². The second kappa shape index (κ2) is 10.2. The van der Waals surface area contributed by atoms with Crippen LogP contribution >= 0.6 is 24.0 Å². The van der Waals surface area contributed by atoms with Gasteiger partial charge in [0.05, 0.1) is 10.6 Å². The predicted molar refractivity (Wildman–Crippen MR) is 143 cm³/mol. The highest BCUT2D eigenvalue weighted by Gasteiger charge is 2.33. The van der Waals surface area contributed by atoms with Crippen LogP contribution in [0, 0.1) is 20.8 Å². The summed E-state index contributed by atoms with van der Waals surface area (Å²) in [5.41, 5.74) is 5.54. The molecular formula is C27H24N2O3S2. The molecule has 7 heteroatoms. The topological polar surface area (TPSA) is 58.6 Å². The molecule has 172 valence electrons. The van der Waals surface area contributed by atoms with E-state index in [1.807, 2.05) is 81.4 Å². The summed E-state index contributed by atoms with van der Waals surface area (Å²) < 4.78 is 6.28. The van der Waals surface area contributed by atoms with Crippen LogP contribution in [0.4, 0.5) is 11.4 Å². The number of aryl methyl sites for hydroxylation is 3. The molecule has 3 aromatic carbocycles. The highest BCUT2D eigenvalue weighted by atomic mass is 32.2. The van der Waals surface area contributed by atoms with Gasteiger partial charge in [0, 0.05) is 11.3 Å². The molecule has 34 heavy (non-hydrogen) atoms. The zero-order valence-corrected chi connectivity index (χ0v) is 20.8. The summed E-state index contributed by atoms with van der Waals surface area (Å²) in [6, 6.07) is 20.7. The highest BCUT2D eigenvalue weighted by Crippen LogP contribution is 2.37. The lowest BCUT2D eigenvalue weighted by atomic mass is 10.1. The summed E-state index contributed by atoms with van der Waals surface area (Å²) in [4.78, 5) is 27.5. The van der Waals surface area contributed by atoms with Gasteiger partial charge in [-0.15, -0.1) is 0 Å². The standard InChI is InChI=1S/C27H24N2O3S2/c1-17-8-12-22(13-9-17)29-26(31)24(34-27(29)33)15-20-6-4-5-7-23(20)32-16-25(30)28-21-11-10-18(2)19(3)14-21/h4-15H,16H2,1-3H3,(H,28,30)/b24-15-. The SMILES string of the molecule is Cc1ccc(N2C(=O)/C(=C/c3ccccc3OCC(=O)Nc3ccc(C)c(C)c3)SC2=S)cc1. The maximum absolute atomic E-state index is 13.1. The van der Waals surface area contributed by atoms with Crippen LogP contribution < -0.4 is 15.0 Å². The lowest BCUT2D eigenvalue weighted by molar-refractivity contribution is -0.118. The molecule has 2 amide bonds. The van der Waals surface area contributed by atoms with Crippen LogP contribution in [0.1, 0.15) is 22.3 Å². The number of hydrogen-bond donors (Lipinski definition) is 1. The Kier molecular flexibility index (Phi) is 7.14. The van der Waals surface area contributed by atoms with E-state index in [0.717, 1.165) is 28.1 Å². The summed E-state index contributed by atoms with van der Waals surface area (Å²) in [6.45, 7) is 5.86. The van der Waals surface area contributed by atoms with Gasteiger partial charge in [-0.2, -0.15) is 0 Å². The van der Waals surface area contributed by atoms with Crippen molar-refractivity contribution in [2.45, 2.75) is 20.8 Å². The molecule has 3 aromatic rings. The van der Waals surface area contributed by atoms with Gasteiger partial charge in [-0.05, 0) is 68.3 Å². The number of amides is 2. The number of thioether (sulfide) groups is 1. The molecule has 1 fully saturated rings. The molecular weight excluding hydrogens is 464 g/mol. The van der Waals surface area contributed by atoms with Gasteiger partial charge in [-0.1, -0.05) is 65.9 Å². The van der Waals surface area contributed by atoms with E-state index in [1.54, 1.807) is 12.1 Å². The summed E-state index contributed by atoms with van der Waals surface area (Å²) in [5, 5.41) is 2.85. The number of rotatable bonds is 6. The van der Waals surface area contributed by atoms with Crippen molar-refractivity contribution < 1.29 is 14.3 Å². The number of carbonyl (C=O) groups is 2. The molecule has 0 spiro atoms. The smallest absolute Gasteiger partial charge is 0.270 e. The summed E-state index contributed by atoms with van der Waals surface area (Å²) in [5.74, 6) is 0.0724. The van der Waals surface area contributed by atoms with Crippen molar-refractivity contribution in [1.82, 2.24) is 0 Å². The zero-order valence-electron chi connectivity index (χ0n) is 19.1. The lowest BCUT2D eigenvalue weighted by Gasteiger charge is -2.14. The maximum Gasteiger partial charge on any atom is 0.270 e. The van der Waals surface area contributed by atoms with E-state index in [0.29, 0.717) is 20.5 Å². The zero-order chi connectivity index (χ0) is 24.2. The van der Waals surface area contributed by atoms with Crippen molar-refractivity contribution in [2.75, 3.05) is 16.8 Å². The Balaban J connectivity index is 1.47. The largest absolute Gasteiger partial charge is 0.483 e. The normalized spacial score (nSPS) is 14.6. The molecule has 1 saturated heterocycles. The number of nitrogens with zero attached hydrogens (tertiary/aromatic N) is 1. The summed E-state index contributed by atoms with van der Waals surface area (Å²) in [7, 11) is 0. The first-order valence-electron chi connectivity index (χ1n) is 10.8. The molecule has 1 aliphatic heterocycles. The van der Waals surface area contributed by atoms with Crippen LogP contribution in [0.2, 0.25) is 0 Å². The molecule has 1 heterocycles. The molecule has 0 saturated carbocycles. The third-order valence-corrected chi connectivity index (χ3v) is 6.74. The Morgan fingerprint density at radius 3 is 2.50 bits per heavy atom. The van der Waals surface area contributed by atoms with Crippen LogP contribution in [-0.4, -0.2) is 22.7 Å². The number of anilines is 2. The fourth-order valence-electron chi connectivity index (χ4n) is 3.42. The van der Waals surface area contributed by atoms with Crippen molar-refractivity contribution in [1.29, 1.82) is 0 Å². The molecule has 0 aromatic heterocycles. The predicted octanol–water partition coefficient (Wildman–Crippen LogP) is 6.04. The minimum absolute atomic E-state index is 0.151. The van der Waals surface area contributed by atoms with E-state index < -0.39 is 0 Å². The molecule has 0 aliphatic carbocycles. The minimum Gasteiger partial charge on any atom is -0.483 e.